The molecule has 5 heteroatoms. The molecular formula is C18H20N2O2S. The lowest BCUT2D eigenvalue weighted by Gasteiger charge is -2.22. The molecule has 1 saturated carbocycles. The summed E-state index contributed by atoms with van der Waals surface area (Å²) in [6.07, 6.45) is 5.74. The van der Waals surface area contributed by atoms with Gasteiger partial charge in [0, 0.05) is 17.3 Å². The predicted octanol–water partition coefficient (Wildman–Crippen LogP) is 4.06. The van der Waals surface area contributed by atoms with E-state index < -0.39 is 0 Å². The van der Waals surface area contributed by atoms with E-state index in [1.54, 1.807) is 30.3 Å². The van der Waals surface area contributed by atoms with Gasteiger partial charge in [-0.15, -0.1) is 11.3 Å². The molecule has 3 rings (SSSR count). The Morgan fingerprint density at radius 1 is 1.00 bits per heavy atom. The van der Waals surface area contributed by atoms with Gasteiger partial charge in [0.05, 0.1) is 4.88 Å². The van der Waals surface area contributed by atoms with Crippen LogP contribution >= 0.6 is 11.3 Å². The number of rotatable bonds is 4. The van der Waals surface area contributed by atoms with Gasteiger partial charge in [-0.3, -0.25) is 9.59 Å². The molecule has 1 aromatic heterocycles. The van der Waals surface area contributed by atoms with Crippen LogP contribution in [0.2, 0.25) is 0 Å². The van der Waals surface area contributed by atoms with E-state index in [9.17, 15) is 9.59 Å². The van der Waals surface area contributed by atoms with Gasteiger partial charge < -0.3 is 10.6 Å². The lowest BCUT2D eigenvalue weighted by Crippen LogP contribution is -2.36. The zero-order chi connectivity index (χ0) is 16.1. The molecule has 2 aromatic rings. The molecule has 0 aliphatic heterocycles. The Kier molecular flexibility index (Phi) is 5.08. The molecule has 0 saturated heterocycles. The van der Waals surface area contributed by atoms with Crippen LogP contribution in [0.1, 0.15) is 52.1 Å². The van der Waals surface area contributed by atoms with E-state index >= 15 is 0 Å². The summed E-state index contributed by atoms with van der Waals surface area (Å²) < 4.78 is 0. The smallest absolute Gasteiger partial charge is 0.265 e. The quantitative estimate of drug-likeness (QED) is 0.889. The number of thiophene rings is 1. The van der Waals surface area contributed by atoms with Gasteiger partial charge >= 0.3 is 0 Å². The van der Waals surface area contributed by atoms with Crippen LogP contribution in [0.5, 0.6) is 0 Å². The van der Waals surface area contributed by atoms with Gasteiger partial charge in [-0.05, 0) is 42.5 Å². The summed E-state index contributed by atoms with van der Waals surface area (Å²) in [6, 6.07) is 11.0. The zero-order valence-electron chi connectivity index (χ0n) is 12.9. The van der Waals surface area contributed by atoms with E-state index in [4.69, 9.17) is 0 Å². The first-order valence-electron chi connectivity index (χ1n) is 7.98. The Hall–Kier alpha value is -2.14. The minimum Gasteiger partial charge on any atom is -0.349 e. The van der Waals surface area contributed by atoms with Crippen molar-refractivity contribution in [1.82, 2.24) is 5.32 Å². The van der Waals surface area contributed by atoms with Crippen molar-refractivity contribution in [1.29, 1.82) is 0 Å². The van der Waals surface area contributed by atoms with Crippen molar-refractivity contribution >= 4 is 28.8 Å². The van der Waals surface area contributed by atoms with E-state index in [1.165, 1.54) is 30.6 Å². The number of anilines is 1. The van der Waals surface area contributed by atoms with Gasteiger partial charge in [0.2, 0.25) is 0 Å². The second-order valence-corrected chi connectivity index (χ2v) is 6.77. The minimum atomic E-state index is -0.148. The average molecular weight is 328 g/mol. The van der Waals surface area contributed by atoms with Crippen LogP contribution in [0.4, 0.5) is 5.69 Å². The molecule has 1 aromatic carbocycles. The molecule has 1 heterocycles. The topological polar surface area (TPSA) is 58.2 Å². The van der Waals surface area contributed by atoms with Gasteiger partial charge in [0.15, 0.2) is 0 Å². The Labute approximate surface area is 139 Å². The summed E-state index contributed by atoms with van der Waals surface area (Å²) in [5, 5.41) is 7.79. The normalized spacial score (nSPS) is 15.1. The average Bonchev–Trinajstić information content (AvgIpc) is 3.11. The van der Waals surface area contributed by atoms with Crippen molar-refractivity contribution in [3.63, 3.8) is 0 Å². The molecule has 0 bridgehead atoms. The maximum atomic E-state index is 12.4. The van der Waals surface area contributed by atoms with Crippen LogP contribution in [0.15, 0.2) is 41.8 Å². The highest BCUT2D eigenvalue weighted by molar-refractivity contribution is 7.12. The van der Waals surface area contributed by atoms with Crippen LogP contribution < -0.4 is 10.6 Å². The van der Waals surface area contributed by atoms with Crippen molar-refractivity contribution in [2.75, 3.05) is 5.32 Å². The zero-order valence-corrected chi connectivity index (χ0v) is 13.7. The number of nitrogens with one attached hydrogen (secondary N) is 2. The summed E-state index contributed by atoms with van der Waals surface area (Å²) in [5.41, 5.74) is 1.22. The molecule has 1 aliphatic rings. The molecule has 0 atom stereocenters. The van der Waals surface area contributed by atoms with E-state index in [-0.39, 0.29) is 17.9 Å². The Morgan fingerprint density at radius 3 is 2.57 bits per heavy atom. The van der Waals surface area contributed by atoms with Gasteiger partial charge in [-0.25, -0.2) is 0 Å². The Bertz CT molecular complexity index is 676. The monoisotopic (exact) mass is 328 g/mol. The second-order valence-electron chi connectivity index (χ2n) is 5.82. The molecule has 2 amide bonds. The summed E-state index contributed by atoms with van der Waals surface area (Å²) in [4.78, 5) is 25.1. The van der Waals surface area contributed by atoms with Crippen LogP contribution in [0.25, 0.3) is 0 Å². The third kappa shape index (κ3) is 4.20. The van der Waals surface area contributed by atoms with Crippen LogP contribution in [0.3, 0.4) is 0 Å². The molecule has 2 N–H and O–H groups in total. The number of hydrogen-bond acceptors (Lipinski definition) is 3. The molecule has 0 spiro atoms. The van der Waals surface area contributed by atoms with Gasteiger partial charge in [-0.2, -0.15) is 0 Å². The third-order valence-electron chi connectivity index (χ3n) is 4.07. The maximum absolute atomic E-state index is 12.4. The van der Waals surface area contributed by atoms with E-state index in [1.807, 2.05) is 11.4 Å². The highest BCUT2D eigenvalue weighted by Crippen LogP contribution is 2.19. The van der Waals surface area contributed by atoms with Crippen molar-refractivity contribution in [3.8, 4) is 0 Å². The lowest BCUT2D eigenvalue weighted by atomic mass is 9.95. The fraction of sp³-hybridized carbons (Fsp3) is 0.333. The second kappa shape index (κ2) is 7.42. The standard InChI is InChI=1S/C18H20N2O2S/c21-17(19-14-7-2-1-3-8-14)13-6-4-9-15(12-13)20-18(22)16-10-5-11-23-16/h4-6,9-12,14H,1-3,7-8H2,(H,19,21)(H,20,22). The highest BCUT2D eigenvalue weighted by atomic mass is 32.1. The van der Waals surface area contributed by atoms with Crippen LogP contribution in [0, 0.1) is 0 Å². The molecule has 4 nitrogen and oxygen atoms in total. The first-order valence-corrected chi connectivity index (χ1v) is 8.86. The number of benzene rings is 1. The van der Waals surface area contributed by atoms with Crippen LogP contribution in [-0.4, -0.2) is 17.9 Å². The number of hydrogen-bond donors (Lipinski definition) is 2. The molecule has 1 aliphatic carbocycles. The van der Waals surface area contributed by atoms with Gasteiger partial charge in [-0.1, -0.05) is 31.4 Å². The van der Waals surface area contributed by atoms with E-state index in [0.717, 1.165) is 12.8 Å². The lowest BCUT2D eigenvalue weighted by molar-refractivity contribution is 0.0926. The molecule has 1 fully saturated rings. The fourth-order valence-electron chi connectivity index (χ4n) is 2.85. The fourth-order valence-corrected chi connectivity index (χ4v) is 3.47. The van der Waals surface area contributed by atoms with Crippen molar-refractivity contribution in [3.05, 3.63) is 52.2 Å². The first-order chi connectivity index (χ1) is 11.2. The van der Waals surface area contributed by atoms with Gasteiger partial charge in [0.25, 0.3) is 11.8 Å². The predicted molar refractivity (Wildman–Crippen MR) is 93.1 cm³/mol. The molecule has 0 unspecified atom stereocenters. The summed E-state index contributed by atoms with van der Waals surface area (Å²) in [5.74, 6) is -0.214. The molecule has 0 radical (unpaired) electrons. The van der Waals surface area contributed by atoms with Crippen molar-refractivity contribution in [2.45, 2.75) is 38.1 Å². The largest absolute Gasteiger partial charge is 0.349 e. The van der Waals surface area contributed by atoms with E-state index in [0.29, 0.717) is 16.1 Å². The Morgan fingerprint density at radius 2 is 1.83 bits per heavy atom. The Balaban J connectivity index is 1.64. The molecule has 120 valence electrons. The summed E-state index contributed by atoms with van der Waals surface area (Å²) >= 11 is 1.39. The summed E-state index contributed by atoms with van der Waals surface area (Å²) in [7, 11) is 0. The highest BCUT2D eigenvalue weighted by Gasteiger charge is 2.17. The number of amides is 2. The van der Waals surface area contributed by atoms with Crippen LogP contribution in [-0.2, 0) is 0 Å². The number of carbonyl (C=O) groups is 2. The molecule has 23 heavy (non-hydrogen) atoms. The van der Waals surface area contributed by atoms with Gasteiger partial charge in [0.1, 0.15) is 0 Å². The van der Waals surface area contributed by atoms with Crippen molar-refractivity contribution < 1.29 is 9.59 Å². The third-order valence-corrected chi connectivity index (χ3v) is 4.94. The summed E-state index contributed by atoms with van der Waals surface area (Å²) in [6.45, 7) is 0. The minimum absolute atomic E-state index is 0.0656. The maximum Gasteiger partial charge on any atom is 0.265 e. The van der Waals surface area contributed by atoms with Crippen molar-refractivity contribution in [2.24, 2.45) is 0 Å². The SMILES string of the molecule is O=C(NC1CCCCC1)c1cccc(NC(=O)c2cccs2)c1. The number of carbonyl (C=O) groups excluding carboxylic acids is 2. The molecular weight excluding hydrogens is 308 g/mol. The van der Waals surface area contributed by atoms with E-state index in [2.05, 4.69) is 10.6 Å². The first kappa shape index (κ1) is 15.7.